The van der Waals surface area contributed by atoms with Gasteiger partial charge in [0, 0.05) is 11.8 Å². The van der Waals surface area contributed by atoms with E-state index < -0.39 is 17.6 Å². The molecule has 0 bridgehead atoms. The van der Waals surface area contributed by atoms with Gasteiger partial charge in [0.25, 0.3) is 0 Å². The Morgan fingerprint density at radius 3 is 2.47 bits per heavy atom. The second-order valence-corrected chi connectivity index (χ2v) is 4.02. The molecule has 0 spiro atoms. The molecule has 5 nitrogen and oxygen atoms in total. The van der Waals surface area contributed by atoms with Crippen molar-refractivity contribution in [3.05, 3.63) is 40.3 Å². The number of thiophene rings is 1. The highest BCUT2D eigenvalue weighted by atomic mass is 32.1. The lowest BCUT2D eigenvalue weighted by Crippen LogP contribution is -2.10. The molecule has 0 aromatic carbocycles. The number of nitrogens with zero attached hydrogens (tertiary/aromatic N) is 1. The molecule has 2 aromatic rings. The Morgan fingerprint density at radius 2 is 1.94 bits per heavy atom. The molecule has 0 unspecified atom stereocenters. The second-order valence-electron chi connectivity index (χ2n) is 3.24. The smallest absolute Gasteiger partial charge is 0.355 e. The lowest BCUT2D eigenvalue weighted by molar-refractivity contribution is 0.0646. The molecule has 0 amide bonds. The molecular weight excluding hydrogens is 242 g/mol. The van der Waals surface area contributed by atoms with Gasteiger partial charge in [-0.3, -0.25) is 0 Å². The number of rotatable bonds is 3. The molecule has 0 aliphatic rings. The quantitative estimate of drug-likeness (QED) is 0.870. The zero-order valence-electron chi connectivity index (χ0n) is 8.45. The van der Waals surface area contributed by atoms with E-state index in [1.807, 2.05) is 16.8 Å². The minimum atomic E-state index is -1.35. The van der Waals surface area contributed by atoms with Crippen LogP contribution in [0.1, 0.15) is 20.8 Å². The number of aromatic carboxylic acids is 2. The Balaban J connectivity index is 2.57. The van der Waals surface area contributed by atoms with Crippen molar-refractivity contribution in [1.82, 2.24) is 4.98 Å². The molecule has 86 valence electrons. The zero-order valence-corrected chi connectivity index (χ0v) is 9.27. The Bertz CT molecular complexity index is 577. The van der Waals surface area contributed by atoms with Crippen LogP contribution in [0.5, 0.6) is 0 Å². The Morgan fingerprint density at radius 1 is 1.18 bits per heavy atom. The molecule has 0 saturated heterocycles. The Kier molecular flexibility index (Phi) is 2.88. The van der Waals surface area contributed by atoms with Crippen molar-refractivity contribution in [1.29, 1.82) is 0 Å². The average molecular weight is 249 g/mol. The summed E-state index contributed by atoms with van der Waals surface area (Å²) in [6, 6.07) is 3.13. The highest BCUT2D eigenvalue weighted by molar-refractivity contribution is 7.08. The third kappa shape index (κ3) is 2.16. The molecule has 0 fully saturated rings. The van der Waals surface area contributed by atoms with Crippen LogP contribution < -0.4 is 0 Å². The third-order valence-corrected chi connectivity index (χ3v) is 2.86. The van der Waals surface area contributed by atoms with E-state index >= 15 is 0 Å². The Labute approximate surface area is 100.0 Å². The van der Waals surface area contributed by atoms with Crippen molar-refractivity contribution in [3.63, 3.8) is 0 Å². The predicted molar refractivity (Wildman–Crippen MR) is 61.5 cm³/mol. The molecule has 6 heteroatoms. The monoisotopic (exact) mass is 249 g/mol. The maximum atomic E-state index is 10.9. The fourth-order valence-corrected chi connectivity index (χ4v) is 2.05. The van der Waals surface area contributed by atoms with E-state index in [9.17, 15) is 9.59 Å². The molecule has 17 heavy (non-hydrogen) atoms. The van der Waals surface area contributed by atoms with E-state index in [0.717, 1.165) is 5.56 Å². The number of pyridine rings is 1. The molecule has 0 radical (unpaired) electrons. The van der Waals surface area contributed by atoms with Crippen LogP contribution in [0, 0.1) is 0 Å². The summed E-state index contributed by atoms with van der Waals surface area (Å²) >= 11 is 1.47. The Hall–Kier alpha value is -2.21. The van der Waals surface area contributed by atoms with Gasteiger partial charge in [-0.2, -0.15) is 11.3 Å². The molecule has 2 heterocycles. The van der Waals surface area contributed by atoms with Crippen LogP contribution in [-0.4, -0.2) is 27.1 Å². The summed E-state index contributed by atoms with van der Waals surface area (Å²) in [6.07, 6.45) is 1.36. The van der Waals surface area contributed by atoms with E-state index in [2.05, 4.69) is 4.98 Å². The number of carbonyl (C=O) groups is 2. The molecule has 0 atom stereocenters. The number of aromatic nitrogens is 1. The number of hydrogen-bond donors (Lipinski definition) is 2. The fraction of sp³-hybridized carbons (Fsp3) is 0. The molecule has 0 saturated carbocycles. The van der Waals surface area contributed by atoms with Crippen LogP contribution in [0.25, 0.3) is 11.1 Å². The summed E-state index contributed by atoms with van der Waals surface area (Å²) < 4.78 is 0. The van der Waals surface area contributed by atoms with Crippen molar-refractivity contribution in [3.8, 4) is 11.1 Å². The van der Waals surface area contributed by atoms with Gasteiger partial charge in [-0.25, -0.2) is 14.6 Å². The first kappa shape index (κ1) is 11.3. The van der Waals surface area contributed by atoms with Crippen molar-refractivity contribution in [2.75, 3.05) is 0 Å². The molecule has 0 aliphatic carbocycles. The number of hydrogen-bond acceptors (Lipinski definition) is 4. The molecular formula is C11H7NO4S. The van der Waals surface area contributed by atoms with Crippen LogP contribution >= 0.6 is 11.3 Å². The van der Waals surface area contributed by atoms with Crippen LogP contribution in [0.4, 0.5) is 0 Å². The van der Waals surface area contributed by atoms with E-state index in [4.69, 9.17) is 10.2 Å². The topological polar surface area (TPSA) is 87.5 Å². The lowest BCUT2D eigenvalue weighted by atomic mass is 10.1. The summed E-state index contributed by atoms with van der Waals surface area (Å²) in [5, 5.41) is 21.4. The van der Waals surface area contributed by atoms with Crippen LogP contribution in [0.3, 0.4) is 0 Å². The summed E-state index contributed by atoms with van der Waals surface area (Å²) in [5.41, 5.74) is 0.660. The number of carboxylic acid groups (broad SMARTS) is 2. The van der Waals surface area contributed by atoms with Gasteiger partial charge in [0.15, 0.2) is 5.69 Å². The van der Waals surface area contributed by atoms with E-state index in [0.29, 0.717) is 5.56 Å². The van der Waals surface area contributed by atoms with Gasteiger partial charge in [0.1, 0.15) is 0 Å². The zero-order chi connectivity index (χ0) is 12.4. The minimum Gasteiger partial charge on any atom is -0.478 e. The van der Waals surface area contributed by atoms with E-state index in [1.165, 1.54) is 23.6 Å². The van der Waals surface area contributed by atoms with Crippen molar-refractivity contribution >= 4 is 23.3 Å². The third-order valence-electron chi connectivity index (χ3n) is 2.18. The molecule has 0 aliphatic heterocycles. The average Bonchev–Trinajstić information content (AvgIpc) is 2.81. The van der Waals surface area contributed by atoms with Crippen molar-refractivity contribution < 1.29 is 19.8 Å². The highest BCUT2D eigenvalue weighted by Gasteiger charge is 2.18. The van der Waals surface area contributed by atoms with Crippen LogP contribution in [0.2, 0.25) is 0 Å². The first-order valence-electron chi connectivity index (χ1n) is 4.59. The standard InChI is InChI=1S/C11H7NO4S/c13-10(14)8-3-7(6-1-2-17-5-6)4-12-9(8)11(15)16/h1-5H,(H,13,14)(H,15,16). The van der Waals surface area contributed by atoms with Crippen LogP contribution in [0.15, 0.2) is 29.1 Å². The minimum absolute atomic E-state index is 0.304. The molecule has 2 rings (SSSR count). The maximum Gasteiger partial charge on any atom is 0.355 e. The fourth-order valence-electron chi connectivity index (χ4n) is 1.38. The number of carboxylic acids is 2. The molecule has 2 N–H and O–H groups in total. The van der Waals surface area contributed by atoms with Gasteiger partial charge >= 0.3 is 11.9 Å². The lowest BCUT2D eigenvalue weighted by Gasteiger charge is -2.03. The SMILES string of the molecule is O=C(O)c1cc(-c2ccsc2)cnc1C(=O)O. The van der Waals surface area contributed by atoms with Gasteiger partial charge in [0.2, 0.25) is 0 Å². The second kappa shape index (κ2) is 4.34. The summed E-state index contributed by atoms with van der Waals surface area (Å²) in [6.45, 7) is 0. The summed E-state index contributed by atoms with van der Waals surface area (Å²) in [7, 11) is 0. The van der Waals surface area contributed by atoms with Crippen LogP contribution in [-0.2, 0) is 0 Å². The highest BCUT2D eigenvalue weighted by Crippen LogP contribution is 2.23. The van der Waals surface area contributed by atoms with Gasteiger partial charge < -0.3 is 10.2 Å². The van der Waals surface area contributed by atoms with Gasteiger partial charge in [0.05, 0.1) is 5.56 Å². The summed E-state index contributed by atoms with van der Waals surface area (Å²) in [5.74, 6) is -2.65. The normalized spacial score (nSPS) is 10.1. The van der Waals surface area contributed by atoms with Gasteiger partial charge in [-0.1, -0.05) is 0 Å². The summed E-state index contributed by atoms with van der Waals surface area (Å²) in [4.78, 5) is 25.4. The van der Waals surface area contributed by atoms with Gasteiger partial charge in [-0.05, 0) is 28.5 Å². The first-order valence-corrected chi connectivity index (χ1v) is 5.53. The first-order chi connectivity index (χ1) is 8.09. The molecule has 2 aromatic heterocycles. The maximum absolute atomic E-state index is 10.9. The predicted octanol–water partition coefficient (Wildman–Crippen LogP) is 2.21. The van der Waals surface area contributed by atoms with E-state index in [-0.39, 0.29) is 5.56 Å². The van der Waals surface area contributed by atoms with Crippen molar-refractivity contribution in [2.45, 2.75) is 0 Å². The van der Waals surface area contributed by atoms with E-state index in [1.54, 1.807) is 0 Å². The van der Waals surface area contributed by atoms with Crippen molar-refractivity contribution in [2.24, 2.45) is 0 Å². The van der Waals surface area contributed by atoms with Gasteiger partial charge in [-0.15, -0.1) is 0 Å². The largest absolute Gasteiger partial charge is 0.478 e.